The van der Waals surface area contributed by atoms with Gasteiger partial charge in [-0.25, -0.2) is 4.39 Å². The Bertz CT molecular complexity index is 944. The van der Waals surface area contributed by atoms with Gasteiger partial charge in [0.15, 0.2) is 0 Å². The number of likely N-dealkylation sites (tertiary alicyclic amines) is 1. The van der Waals surface area contributed by atoms with Gasteiger partial charge < -0.3 is 15.0 Å². The molecule has 1 aliphatic heterocycles. The van der Waals surface area contributed by atoms with Crippen LogP contribution >= 0.6 is 0 Å². The van der Waals surface area contributed by atoms with Crippen LogP contribution in [0, 0.1) is 17.2 Å². The summed E-state index contributed by atoms with van der Waals surface area (Å²) >= 11 is 0. The van der Waals surface area contributed by atoms with Crippen molar-refractivity contribution >= 4 is 22.8 Å². The fourth-order valence-corrected chi connectivity index (χ4v) is 3.98. The molecule has 130 valence electrons. The van der Waals surface area contributed by atoms with Gasteiger partial charge in [-0.05, 0) is 42.9 Å². The standard InChI is InChI=1S/C18H17FN2O4/c19-10-1-2-11-12(8-15(22)20-14(11)7-10)16(23)21-5-3-18(4-6-21)9-13(18)17(24)25/h1-2,7-8,13H,3-6,9H2,(H,20,22)(H,24,25). The average molecular weight is 344 g/mol. The Balaban J connectivity index is 1.59. The highest BCUT2D eigenvalue weighted by Crippen LogP contribution is 2.59. The number of carboxylic acid groups (broad SMARTS) is 1. The predicted octanol–water partition coefficient (Wildman–Crippen LogP) is 1.99. The zero-order valence-electron chi connectivity index (χ0n) is 13.4. The average Bonchev–Trinajstić information content (AvgIpc) is 3.27. The third kappa shape index (κ3) is 2.59. The maximum absolute atomic E-state index is 13.4. The van der Waals surface area contributed by atoms with Gasteiger partial charge in [0.1, 0.15) is 5.82 Å². The van der Waals surface area contributed by atoms with Gasteiger partial charge in [-0.15, -0.1) is 0 Å². The van der Waals surface area contributed by atoms with E-state index in [2.05, 4.69) is 4.98 Å². The molecule has 1 unspecified atom stereocenters. The molecular formula is C18H17FN2O4. The number of H-pyrrole nitrogens is 1. The van der Waals surface area contributed by atoms with Crippen LogP contribution in [0.3, 0.4) is 0 Å². The Hall–Kier alpha value is -2.70. The first-order valence-corrected chi connectivity index (χ1v) is 8.24. The molecule has 2 aliphatic rings. The molecule has 1 aliphatic carbocycles. The van der Waals surface area contributed by atoms with Crippen LogP contribution in [0.5, 0.6) is 0 Å². The van der Waals surface area contributed by atoms with Gasteiger partial charge in [0.05, 0.1) is 17.0 Å². The van der Waals surface area contributed by atoms with E-state index in [4.69, 9.17) is 5.11 Å². The van der Waals surface area contributed by atoms with Crippen molar-refractivity contribution in [3.8, 4) is 0 Å². The number of amides is 1. The van der Waals surface area contributed by atoms with Crippen molar-refractivity contribution in [3.63, 3.8) is 0 Å². The number of aromatic amines is 1. The Morgan fingerprint density at radius 1 is 1.24 bits per heavy atom. The maximum atomic E-state index is 13.4. The van der Waals surface area contributed by atoms with Crippen LogP contribution in [-0.4, -0.2) is 40.0 Å². The number of aliphatic carboxylic acids is 1. The summed E-state index contributed by atoms with van der Waals surface area (Å²) in [5, 5.41) is 9.65. The summed E-state index contributed by atoms with van der Waals surface area (Å²) in [6.45, 7) is 0.941. The van der Waals surface area contributed by atoms with Gasteiger partial charge in [0, 0.05) is 24.5 Å². The molecule has 25 heavy (non-hydrogen) atoms. The van der Waals surface area contributed by atoms with Gasteiger partial charge >= 0.3 is 5.97 Å². The number of nitrogens with zero attached hydrogens (tertiary/aromatic N) is 1. The fraction of sp³-hybridized carbons (Fsp3) is 0.389. The number of carboxylic acids is 1. The second kappa shape index (κ2) is 5.40. The molecule has 1 aromatic heterocycles. The molecule has 1 saturated carbocycles. The van der Waals surface area contributed by atoms with Crippen LogP contribution in [0.25, 0.3) is 10.9 Å². The molecule has 6 nitrogen and oxygen atoms in total. The van der Waals surface area contributed by atoms with Crippen molar-refractivity contribution in [1.29, 1.82) is 0 Å². The van der Waals surface area contributed by atoms with E-state index >= 15 is 0 Å². The third-order valence-electron chi connectivity index (χ3n) is 5.57. The van der Waals surface area contributed by atoms with E-state index in [0.717, 1.165) is 0 Å². The number of halogens is 1. The quantitative estimate of drug-likeness (QED) is 0.872. The summed E-state index contributed by atoms with van der Waals surface area (Å²) in [5.41, 5.74) is -0.0806. The first kappa shape index (κ1) is 15.8. The lowest BCUT2D eigenvalue weighted by molar-refractivity contribution is -0.139. The van der Waals surface area contributed by atoms with Crippen LogP contribution in [0.15, 0.2) is 29.1 Å². The van der Waals surface area contributed by atoms with Crippen LogP contribution in [0.4, 0.5) is 4.39 Å². The van der Waals surface area contributed by atoms with E-state index in [1.165, 1.54) is 24.3 Å². The largest absolute Gasteiger partial charge is 0.481 e. The molecule has 7 heteroatoms. The number of fused-ring (bicyclic) bond motifs is 1. The second-order valence-corrected chi connectivity index (χ2v) is 6.99. The van der Waals surface area contributed by atoms with E-state index in [-0.39, 0.29) is 28.3 Å². The molecule has 1 amide bonds. The first-order chi connectivity index (χ1) is 11.9. The highest BCUT2D eigenvalue weighted by atomic mass is 19.1. The summed E-state index contributed by atoms with van der Waals surface area (Å²) in [6.07, 6.45) is 1.99. The van der Waals surface area contributed by atoms with Crippen molar-refractivity contribution in [2.45, 2.75) is 19.3 Å². The number of nitrogens with one attached hydrogen (secondary N) is 1. The zero-order valence-corrected chi connectivity index (χ0v) is 13.4. The van der Waals surface area contributed by atoms with Gasteiger partial charge in [0.2, 0.25) is 5.56 Å². The van der Waals surface area contributed by atoms with Crippen LogP contribution in [-0.2, 0) is 4.79 Å². The van der Waals surface area contributed by atoms with Crippen molar-refractivity contribution in [2.24, 2.45) is 11.3 Å². The lowest BCUT2D eigenvalue weighted by Crippen LogP contribution is -2.40. The van der Waals surface area contributed by atoms with Gasteiger partial charge in [-0.2, -0.15) is 0 Å². The van der Waals surface area contributed by atoms with E-state index in [1.54, 1.807) is 4.90 Å². The molecule has 2 aromatic rings. The predicted molar refractivity (Wildman–Crippen MR) is 87.8 cm³/mol. The molecule has 0 radical (unpaired) electrons. The summed E-state index contributed by atoms with van der Waals surface area (Å²) in [4.78, 5) is 40.0. The Morgan fingerprint density at radius 2 is 1.96 bits per heavy atom. The number of hydrogen-bond donors (Lipinski definition) is 2. The number of hydrogen-bond acceptors (Lipinski definition) is 3. The molecule has 2 heterocycles. The van der Waals surface area contributed by atoms with Crippen molar-refractivity contribution < 1.29 is 19.1 Å². The number of benzene rings is 1. The van der Waals surface area contributed by atoms with Crippen LogP contribution < -0.4 is 5.56 Å². The molecule has 2 fully saturated rings. The van der Waals surface area contributed by atoms with Crippen molar-refractivity contribution in [1.82, 2.24) is 9.88 Å². The fourth-order valence-electron chi connectivity index (χ4n) is 3.98. The SMILES string of the molecule is O=C(O)C1CC12CCN(C(=O)c1cc(=O)[nH]c3cc(F)ccc13)CC2. The number of aromatic nitrogens is 1. The minimum absolute atomic E-state index is 0.165. The van der Waals surface area contributed by atoms with Crippen molar-refractivity contribution in [3.05, 3.63) is 46.0 Å². The number of rotatable bonds is 2. The Kier molecular flexibility index (Phi) is 3.42. The van der Waals surface area contributed by atoms with Crippen LogP contribution in [0.2, 0.25) is 0 Å². The lowest BCUT2D eigenvalue weighted by atomic mass is 9.90. The minimum Gasteiger partial charge on any atom is -0.481 e. The highest BCUT2D eigenvalue weighted by molar-refractivity contribution is 6.06. The smallest absolute Gasteiger partial charge is 0.307 e. The first-order valence-electron chi connectivity index (χ1n) is 8.24. The van der Waals surface area contributed by atoms with E-state index in [0.29, 0.717) is 37.7 Å². The molecule has 0 bridgehead atoms. The van der Waals surface area contributed by atoms with Crippen LogP contribution in [0.1, 0.15) is 29.6 Å². The summed E-state index contributed by atoms with van der Waals surface area (Å²) in [6, 6.07) is 5.18. The molecule has 1 aromatic carbocycles. The molecule has 1 atom stereocenters. The highest BCUT2D eigenvalue weighted by Gasteiger charge is 2.59. The number of carbonyl (C=O) groups is 2. The minimum atomic E-state index is -0.762. The maximum Gasteiger partial charge on any atom is 0.307 e. The Morgan fingerprint density at radius 3 is 2.60 bits per heavy atom. The van der Waals surface area contributed by atoms with Gasteiger partial charge in [-0.3, -0.25) is 14.4 Å². The van der Waals surface area contributed by atoms with E-state index < -0.39 is 17.3 Å². The summed E-state index contributed by atoms with van der Waals surface area (Å²) in [7, 11) is 0. The summed E-state index contributed by atoms with van der Waals surface area (Å²) < 4.78 is 13.4. The van der Waals surface area contributed by atoms with Crippen molar-refractivity contribution in [2.75, 3.05) is 13.1 Å². The van der Waals surface area contributed by atoms with E-state index in [9.17, 15) is 18.8 Å². The third-order valence-corrected chi connectivity index (χ3v) is 5.57. The Labute approximate surface area is 142 Å². The summed E-state index contributed by atoms with van der Waals surface area (Å²) in [5.74, 6) is -1.82. The number of carbonyl (C=O) groups excluding carboxylic acids is 1. The zero-order chi connectivity index (χ0) is 17.8. The van der Waals surface area contributed by atoms with Gasteiger partial charge in [-0.1, -0.05) is 0 Å². The lowest BCUT2D eigenvalue weighted by Gasteiger charge is -2.32. The molecular weight excluding hydrogens is 327 g/mol. The number of piperidine rings is 1. The molecule has 1 saturated heterocycles. The molecule has 2 N–H and O–H groups in total. The number of pyridine rings is 1. The second-order valence-electron chi connectivity index (χ2n) is 6.99. The molecule has 4 rings (SSSR count). The monoisotopic (exact) mass is 344 g/mol. The normalized spacial score (nSPS) is 21.5. The van der Waals surface area contributed by atoms with Gasteiger partial charge in [0.25, 0.3) is 5.91 Å². The van der Waals surface area contributed by atoms with E-state index in [1.807, 2.05) is 0 Å². The molecule has 1 spiro atoms. The topological polar surface area (TPSA) is 90.5 Å².